The Morgan fingerprint density at radius 3 is 0.393 bits per heavy atom. The molecular weight excluding hydrogens is 1900 g/mol. The van der Waals surface area contributed by atoms with E-state index in [1.165, 1.54) is 0 Å². The van der Waals surface area contributed by atoms with Crippen LogP contribution in [0.5, 0.6) is 0 Å². The smallest absolute Gasteiger partial charge is 0.303 e. The van der Waals surface area contributed by atoms with Gasteiger partial charge in [0.2, 0.25) is 0 Å². The van der Waals surface area contributed by atoms with Crippen molar-refractivity contribution in [3.05, 3.63) is 0 Å². The molecule has 21 fully saturated rings. The molecule has 21 heterocycles. The molecule has 0 saturated carbocycles. The first-order valence-electron chi connectivity index (χ1n) is 43.2. The minimum absolute atomic E-state index is 0.624. The zero-order valence-electron chi connectivity index (χ0n) is 79.4. The second-order valence-electron chi connectivity index (χ2n) is 32.1. The summed E-state index contributed by atoms with van der Waals surface area (Å²) < 4.78 is 216. The van der Waals surface area contributed by atoms with Gasteiger partial charge in [-0.1, -0.05) is 5.92 Å². The third-order valence-corrected chi connectivity index (χ3v) is 20.6. The molecule has 782 valence electrons. The van der Waals surface area contributed by atoms with Crippen molar-refractivity contribution in [1.29, 1.82) is 0 Å². The molecule has 0 aromatic rings. The van der Waals surface area contributed by atoms with Gasteiger partial charge in [-0.15, -0.1) is 6.42 Å². The number of carbonyl (C=O) groups is 20. The van der Waals surface area contributed by atoms with Crippen molar-refractivity contribution in [3.8, 4) is 12.3 Å². The van der Waals surface area contributed by atoms with Gasteiger partial charge >= 0.3 is 119 Å². The molecule has 0 N–H and O–H groups in total. The molecule has 0 aromatic carbocycles. The highest BCUT2D eigenvalue weighted by Gasteiger charge is 2.66. The fourth-order valence-electron chi connectivity index (χ4n) is 16.0. The summed E-state index contributed by atoms with van der Waals surface area (Å²) in [7, 11) is 0. The summed E-state index contributed by atoms with van der Waals surface area (Å²) >= 11 is 0. The fraction of sp³-hybridized carbons (Fsp3) is 0.741. The van der Waals surface area contributed by atoms with E-state index in [-0.39, 0.29) is 0 Å². The molecule has 14 bridgehead atoms. The van der Waals surface area contributed by atoms with Gasteiger partial charge in [-0.2, -0.15) is 0 Å². The van der Waals surface area contributed by atoms with Gasteiger partial charge in [0, 0.05) is 138 Å². The van der Waals surface area contributed by atoms with Crippen LogP contribution >= 0.6 is 0 Å². The van der Waals surface area contributed by atoms with Crippen LogP contribution in [0.15, 0.2) is 0 Å². The first-order chi connectivity index (χ1) is 65.8. The lowest BCUT2D eigenvalue weighted by Gasteiger charge is -2.52. The number of terminal acetylenes is 1. The van der Waals surface area contributed by atoms with Crippen LogP contribution < -0.4 is 0 Å². The van der Waals surface area contributed by atoms with E-state index in [4.69, 9.17) is 172 Å². The van der Waals surface area contributed by atoms with Gasteiger partial charge in [-0.05, 0) is 0 Å². The van der Waals surface area contributed by atoms with Gasteiger partial charge in [0.25, 0.3) is 0 Å². The van der Waals surface area contributed by atoms with Crippen LogP contribution in [0.3, 0.4) is 0 Å². The minimum Gasteiger partial charge on any atom is -0.463 e. The first kappa shape index (κ1) is 114. The number of hydrogen-bond acceptors (Lipinski definition) is 55. The van der Waals surface area contributed by atoms with E-state index in [1.807, 2.05) is 0 Å². The van der Waals surface area contributed by atoms with Gasteiger partial charge in [0.1, 0.15) is 132 Å². The van der Waals surface area contributed by atoms with E-state index >= 15 is 0 Å². The van der Waals surface area contributed by atoms with Crippen LogP contribution in [0.1, 0.15) is 138 Å². The SMILES string of the molecule is C#CCOC[C@H]1O[C@@H]2O[C@H]3[C@H](OC(C)=O)[C@@H](OC(C)=O)[C@@H](O[C@H]4[C@H](OC(C)=O)[C@@H](OC(C)=O)[C@@H](O[C@H]5[C@H](OC(C)=O)[C@@H](OC(C)=O)[C@@H](O[C@H]6[C@H](OC(C)=O)[C@@H](OC(C)=O)[C@@H](O[C@H]7[C@H](OC(C)=O)[C@@H](OC(C)=O)[C@@H](O[C@H]8[C@H](OC(C)=O)[C@@H](OC(C)=O)[C@@H](O[C@H]1[C@H](OC(C)=O)[C@H]2OC(C)=O)O[C@@H]8COC(C)=O)O[C@@H]7COC(C)=O)O[C@@H]6COC(C)=O)O[C@@H]5COC(C)=O)O[C@@H]4COC(C)=O)O[C@@H]3COC(C)=O. The molecule has 0 aliphatic carbocycles. The van der Waals surface area contributed by atoms with Gasteiger partial charge in [0.05, 0.1) is 6.61 Å². The predicted molar refractivity (Wildman–Crippen MR) is 432 cm³/mol. The number of rotatable bonds is 29. The van der Waals surface area contributed by atoms with E-state index < -0.39 is 387 Å². The lowest BCUT2D eigenvalue weighted by atomic mass is 9.94. The average molecular weight is 2010 g/mol. The zero-order valence-corrected chi connectivity index (χ0v) is 79.4. The number of hydrogen-bond donors (Lipinski definition) is 0. The summed E-state index contributed by atoms with van der Waals surface area (Å²) in [6.07, 6.45) is -74.8. The van der Waals surface area contributed by atoms with Gasteiger partial charge in [-0.25, -0.2) is 0 Å². The van der Waals surface area contributed by atoms with Crippen LogP contribution in [0.4, 0.5) is 0 Å². The molecule has 0 spiro atoms. The van der Waals surface area contributed by atoms with Crippen LogP contribution in [-0.2, 0) is 262 Å². The second kappa shape index (κ2) is 52.2. The monoisotopic (exact) mass is 2010 g/mol. The Morgan fingerprint density at radius 1 is 0.171 bits per heavy atom. The van der Waals surface area contributed by atoms with Gasteiger partial charge in [0.15, 0.2) is 129 Å². The molecular formula is C85H112O55. The Bertz CT molecular complexity index is 4310. The lowest BCUT2D eigenvalue weighted by Crippen LogP contribution is -2.70. The number of carbonyl (C=O) groups excluding carboxylic acids is 20. The summed E-state index contributed by atoms with van der Waals surface area (Å²) in [6, 6.07) is 0. The predicted octanol–water partition coefficient (Wildman–Crippen LogP) is -3.16. The van der Waals surface area contributed by atoms with Crippen molar-refractivity contribution < 1.29 is 262 Å². The summed E-state index contributed by atoms with van der Waals surface area (Å²) in [5.41, 5.74) is 0. The minimum atomic E-state index is -2.46. The molecule has 0 amide bonds. The molecule has 0 aromatic heterocycles. The molecule has 21 rings (SSSR count). The van der Waals surface area contributed by atoms with Crippen molar-refractivity contribution in [2.45, 2.75) is 353 Å². The van der Waals surface area contributed by atoms with Crippen LogP contribution in [0.25, 0.3) is 0 Å². The fourth-order valence-corrected chi connectivity index (χ4v) is 16.0. The topological polar surface area (TPSA) is 664 Å². The molecule has 0 unspecified atom stereocenters. The maximum atomic E-state index is 14.0. The largest absolute Gasteiger partial charge is 0.463 e. The summed E-state index contributed by atoms with van der Waals surface area (Å²) in [4.78, 5) is 274. The lowest BCUT2D eigenvalue weighted by molar-refractivity contribution is -0.397. The molecule has 21 saturated heterocycles. The van der Waals surface area contributed by atoms with Crippen LogP contribution in [-0.4, -0.2) is 387 Å². The summed E-state index contributed by atoms with van der Waals surface area (Å²) in [6.45, 7) is 8.50. The first-order valence-corrected chi connectivity index (χ1v) is 43.2. The molecule has 35 atom stereocenters. The Hall–Kier alpha value is -11.6. The molecule has 0 radical (unpaired) electrons. The van der Waals surface area contributed by atoms with Crippen molar-refractivity contribution in [1.82, 2.24) is 0 Å². The summed E-state index contributed by atoms with van der Waals surface area (Å²) in [5, 5.41) is 0. The van der Waals surface area contributed by atoms with E-state index in [2.05, 4.69) is 5.92 Å². The Kier molecular flexibility index (Phi) is 42.4. The standard InChI is InChI=1S/C85H112O55/c1-22-23-106-24-51-58-65(113-37(8)92)72(120-44(15)99)79(127-51)135-59-52(25-107-31(2)86)129-81(74(122-46(17)101)66(59)114-38(9)93)137-61-54(27-109-33(4)88)131-83(76(124-48(19)103)68(61)116-40(11)95)139-63-56(29-111-35(6)90)133-85(78(126-50(21)105)70(63)118-42(13)97)140-64-57(30-112-36(7)91)132-84(77(125-49(20)104)71(64)119-43(14)98)138-62-55(28-110-34(5)89)130-82(75(123-47(18)102)69(62)117-41(12)96)136-60-53(26-108-32(3)87)128-80(134-58)73(121-45(16)100)67(60)115-39(10)94/h1,51-85H,23-30H2,2-21H3/t51-,52-,53-,54-,55-,56-,57-,58-,59-,60-,61-,62-,63-,64-,65+,66+,67+,68+,69+,70+,71+,72-,73-,74-,75-,76-,77-,78-,79-,80-,81-,82-,83-,84-,85-/m1/s1. The molecule has 140 heavy (non-hydrogen) atoms. The van der Waals surface area contributed by atoms with Crippen molar-refractivity contribution >= 4 is 119 Å². The average Bonchev–Trinajstić information content (AvgIpc) is 0.796. The quantitative estimate of drug-likeness (QED) is 0.0309. The van der Waals surface area contributed by atoms with E-state index in [1.54, 1.807) is 0 Å². The van der Waals surface area contributed by atoms with E-state index in [9.17, 15) is 95.9 Å². The third kappa shape index (κ3) is 32.5. The molecule has 21 aliphatic rings. The van der Waals surface area contributed by atoms with Crippen LogP contribution in [0.2, 0.25) is 0 Å². The van der Waals surface area contributed by atoms with Crippen molar-refractivity contribution in [3.63, 3.8) is 0 Å². The van der Waals surface area contributed by atoms with Crippen molar-refractivity contribution in [2.75, 3.05) is 52.9 Å². The van der Waals surface area contributed by atoms with E-state index in [0.29, 0.717) is 0 Å². The molecule has 55 nitrogen and oxygen atoms in total. The Balaban J connectivity index is 1.51. The zero-order chi connectivity index (χ0) is 104. The second-order valence-corrected chi connectivity index (χ2v) is 32.1. The molecule has 55 heteroatoms. The van der Waals surface area contributed by atoms with Crippen LogP contribution in [0, 0.1) is 12.3 Å². The molecule has 21 aliphatic heterocycles. The highest BCUT2D eigenvalue weighted by Crippen LogP contribution is 2.45. The maximum Gasteiger partial charge on any atom is 0.303 e. The van der Waals surface area contributed by atoms with Gasteiger partial charge < -0.3 is 166 Å². The highest BCUT2D eigenvalue weighted by molar-refractivity contribution is 5.73. The normalized spacial score (nSPS) is 34.6. The highest BCUT2D eigenvalue weighted by atomic mass is 16.8. The third-order valence-electron chi connectivity index (χ3n) is 20.6. The summed E-state index contributed by atoms with van der Waals surface area (Å²) in [5.74, 6) is -22.6. The maximum absolute atomic E-state index is 14.0. The number of ether oxygens (including phenoxy) is 35. The Morgan fingerprint density at radius 2 is 0.286 bits per heavy atom. The Labute approximate surface area is 797 Å². The van der Waals surface area contributed by atoms with E-state index in [0.717, 1.165) is 138 Å². The number of esters is 20. The van der Waals surface area contributed by atoms with Gasteiger partial charge in [-0.3, -0.25) is 95.9 Å². The van der Waals surface area contributed by atoms with Crippen molar-refractivity contribution in [2.24, 2.45) is 0 Å².